The number of rotatable bonds is 7. The van der Waals surface area contributed by atoms with Crippen molar-refractivity contribution < 1.29 is 4.74 Å². The minimum absolute atomic E-state index is 0.523. The lowest BCUT2D eigenvalue weighted by molar-refractivity contribution is 0.204. The van der Waals surface area contributed by atoms with Crippen molar-refractivity contribution in [2.45, 2.75) is 19.8 Å². The first-order valence-electron chi connectivity index (χ1n) is 6.47. The molecule has 1 fully saturated rings. The Balaban J connectivity index is 2.11. The third-order valence-electron chi connectivity index (χ3n) is 2.95. The fraction of sp³-hybridized carbons (Fsp3) is 0.917. The molecule has 0 saturated carbocycles. The van der Waals surface area contributed by atoms with E-state index in [-0.39, 0.29) is 0 Å². The Kier molecular flexibility index (Phi) is 6.96. The Bertz CT molecular complexity index is 227. The van der Waals surface area contributed by atoms with Gasteiger partial charge in [-0.05, 0) is 31.8 Å². The van der Waals surface area contributed by atoms with Gasteiger partial charge >= 0.3 is 0 Å². The van der Waals surface area contributed by atoms with E-state index in [1.807, 2.05) is 0 Å². The van der Waals surface area contributed by atoms with Crippen LogP contribution in [0.25, 0.3) is 0 Å². The first kappa shape index (κ1) is 14.3. The molecule has 0 aliphatic carbocycles. The average molecular weight is 242 g/mol. The summed E-state index contributed by atoms with van der Waals surface area (Å²) >= 11 is 0. The highest BCUT2D eigenvalue weighted by molar-refractivity contribution is 5.77. The molecule has 0 amide bonds. The SMILES string of the molecule is COCCNC(N)=NC[C@@H](C)CN1CCCC1. The molecule has 0 spiro atoms. The summed E-state index contributed by atoms with van der Waals surface area (Å²) in [6, 6.07) is 0. The normalized spacial score (nSPS) is 19.5. The molecule has 0 aromatic rings. The average Bonchev–Trinajstić information content (AvgIpc) is 2.79. The fourth-order valence-electron chi connectivity index (χ4n) is 2.05. The van der Waals surface area contributed by atoms with E-state index in [1.165, 1.54) is 25.9 Å². The molecule has 0 aromatic heterocycles. The maximum absolute atomic E-state index is 5.74. The number of likely N-dealkylation sites (tertiary alicyclic amines) is 1. The van der Waals surface area contributed by atoms with Crippen LogP contribution < -0.4 is 11.1 Å². The van der Waals surface area contributed by atoms with Gasteiger partial charge in [0.05, 0.1) is 6.61 Å². The van der Waals surface area contributed by atoms with E-state index in [1.54, 1.807) is 7.11 Å². The van der Waals surface area contributed by atoms with E-state index in [2.05, 4.69) is 22.1 Å². The molecule has 0 aromatic carbocycles. The highest BCUT2D eigenvalue weighted by atomic mass is 16.5. The van der Waals surface area contributed by atoms with Gasteiger partial charge in [-0.25, -0.2) is 0 Å². The molecule has 17 heavy (non-hydrogen) atoms. The lowest BCUT2D eigenvalue weighted by atomic mass is 10.2. The molecule has 0 radical (unpaired) electrons. The Morgan fingerprint density at radius 2 is 2.18 bits per heavy atom. The highest BCUT2D eigenvalue weighted by Gasteiger charge is 2.14. The van der Waals surface area contributed by atoms with Crippen LogP contribution in [0.15, 0.2) is 4.99 Å². The van der Waals surface area contributed by atoms with Crippen LogP contribution in [0.2, 0.25) is 0 Å². The summed E-state index contributed by atoms with van der Waals surface area (Å²) < 4.78 is 4.93. The Hall–Kier alpha value is -0.810. The molecule has 3 N–H and O–H groups in total. The standard InChI is InChI=1S/C12H26N4O/c1-11(10-16-6-3-4-7-16)9-15-12(13)14-5-8-17-2/h11H,3-10H2,1-2H3,(H3,13,14,15)/t11-/m1/s1. The van der Waals surface area contributed by atoms with E-state index in [0.29, 0.717) is 25.0 Å². The zero-order chi connectivity index (χ0) is 12.5. The molecule has 1 saturated heterocycles. The lowest BCUT2D eigenvalue weighted by Gasteiger charge is -2.18. The van der Waals surface area contributed by atoms with Gasteiger partial charge < -0.3 is 20.7 Å². The van der Waals surface area contributed by atoms with Crippen LogP contribution in [0.4, 0.5) is 0 Å². The number of ether oxygens (including phenoxy) is 1. The molecule has 1 aliphatic rings. The monoisotopic (exact) mass is 242 g/mol. The second-order valence-electron chi connectivity index (χ2n) is 4.76. The molecule has 0 bridgehead atoms. The zero-order valence-corrected chi connectivity index (χ0v) is 11.1. The minimum Gasteiger partial charge on any atom is -0.383 e. The molecule has 1 aliphatic heterocycles. The molecular formula is C12H26N4O. The molecule has 1 rings (SSSR count). The topological polar surface area (TPSA) is 62.9 Å². The summed E-state index contributed by atoms with van der Waals surface area (Å²) in [5.74, 6) is 1.09. The summed E-state index contributed by atoms with van der Waals surface area (Å²) in [6.07, 6.45) is 2.69. The molecular weight excluding hydrogens is 216 g/mol. The van der Waals surface area contributed by atoms with Crippen LogP contribution in [-0.4, -0.2) is 57.3 Å². The highest BCUT2D eigenvalue weighted by Crippen LogP contribution is 2.10. The number of aliphatic imine (C=N–C) groups is 1. The van der Waals surface area contributed by atoms with Crippen LogP contribution in [0.1, 0.15) is 19.8 Å². The van der Waals surface area contributed by atoms with Gasteiger partial charge in [-0.15, -0.1) is 0 Å². The summed E-state index contributed by atoms with van der Waals surface area (Å²) in [6.45, 7) is 8.01. The third-order valence-corrected chi connectivity index (χ3v) is 2.95. The van der Waals surface area contributed by atoms with Gasteiger partial charge in [0.25, 0.3) is 0 Å². The number of methoxy groups -OCH3 is 1. The van der Waals surface area contributed by atoms with Crippen molar-refractivity contribution in [1.82, 2.24) is 10.2 Å². The van der Waals surface area contributed by atoms with E-state index in [0.717, 1.165) is 13.1 Å². The number of nitrogens with zero attached hydrogens (tertiary/aromatic N) is 2. The number of hydrogen-bond donors (Lipinski definition) is 2. The van der Waals surface area contributed by atoms with Gasteiger partial charge in [0.2, 0.25) is 0 Å². The summed E-state index contributed by atoms with van der Waals surface area (Å²) in [5, 5.41) is 3.02. The first-order valence-corrected chi connectivity index (χ1v) is 6.47. The van der Waals surface area contributed by atoms with Crippen molar-refractivity contribution in [2.24, 2.45) is 16.6 Å². The predicted octanol–water partition coefficient (Wildman–Crippen LogP) is 0.269. The van der Waals surface area contributed by atoms with Crippen molar-refractivity contribution in [3.63, 3.8) is 0 Å². The third kappa shape index (κ3) is 6.48. The van der Waals surface area contributed by atoms with Gasteiger partial charge in [0.1, 0.15) is 0 Å². The number of guanidine groups is 1. The van der Waals surface area contributed by atoms with Crippen molar-refractivity contribution >= 4 is 5.96 Å². The van der Waals surface area contributed by atoms with Crippen molar-refractivity contribution in [2.75, 3.05) is 46.4 Å². The van der Waals surface area contributed by atoms with Gasteiger partial charge in [0, 0.05) is 26.7 Å². The first-order chi connectivity index (χ1) is 8.22. The molecule has 1 atom stereocenters. The maximum Gasteiger partial charge on any atom is 0.188 e. The zero-order valence-electron chi connectivity index (χ0n) is 11.1. The van der Waals surface area contributed by atoms with E-state index >= 15 is 0 Å². The van der Waals surface area contributed by atoms with Crippen LogP contribution >= 0.6 is 0 Å². The van der Waals surface area contributed by atoms with Gasteiger partial charge in [-0.2, -0.15) is 0 Å². The van der Waals surface area contributed by atoms with Crippen LogP contribution in [0.5, 0.6) is 0 Å². The Morgan fingerprint density at radius 3 is 2.82 bits per heavy atom. The van der Waals surface area contributed by atoms with Crippen molar-refractivity contribution in [3.05, 3.63) is 0 Å². The Labute approximate surface area is 104 Å². The maximum atomic E-state index is 5.74. The van der Waals surface area contributed by atoms with E-state index < -0.39 is 0 Å². The number of hydrogen-bond acceptors (Lipinski definition) is 3. The molecule has 100 valence electrons. The fourth-order valence-corrected chi connectivity index (χ4v) is 2.05. The second kappa shape index (κ2) is 8.31. The minimum atomic E-state index is 0.523. The van der Waals surface area contributed by atoms with Crippen molar-refractivity contribution in [1.29, 1.82) is 0 Å². The summed E-state index contributed by atoms with van der Waals surface area (Å²) in [5.41, 5.74) is 5.74. The largest absolute Gasteiger partial charge is 0.383 e. The summed E-state index contributed by atoms with van der Waals surface area (Å²) in [7, 11) is 1.67. The van der Waals surface area contributed by atoms with Crippen LogP contribution in [0, 0.1) is 5.92 Å². The summed E-state index contributed by atoms with van der Waals surface area (Å²) in [4.78, 5) is 6.85. The Morgan fingerprint density at radius 1 is 1.47 bits per heavy atom. The number of nitrogens with two attached hydrogens (primary N) is 1. The number of nitrogens with one attached hydrogen (secondary N) is 1. The molecule has 5 nitrogen and oxygen atoms in total. The predicted molar refractivity (Wildman–Crippen MR) is 71.2 cm³/mol. The van der Waals surface area contributed by atoms with E-state index in [4.69, 9.17) is 10.5 Å². The quantitative estimate of drug-likeness (QED) is 0.382. The smallest absolute Gasteiger partial charge is 0.188 e. The van der Waals surface area contributed by atoms with Gasteiger partial charge in [-0.3, -0.25) is 4.99 Å². The van der Waals surface area contributed by atoms with Gasteiger partial charge in [0.15, 0.2) is 5.96 Å². The molecule has 5 heteroatoms. The lowest BCUT2D eigenvalue weighted by Crippen LogP contribution is -2.35. The second-order valence-corrected chi connectivity index (χ2v) is 4.76. The van der Waals surface area contributed by atoms with Crippen LogP contribution in [0.3, 0.4) is 0 Å². The van der Waals surface area contributed by atoms with Crippen molar-refractivity contribution in [3.8, 4) is 0 Å². The van der Waals surface area contributed by atoms with E-state index in [9.17, 15) is 0 Å². The molecule has 0 unspecified atom stereocenters. The van der Waals surface area contributed by atoms with Crippen LogP contribution in [-0.2, 0) is 4.74 Å². The molecule has 1 heterocycles. The van der Waals surface area contributed by atoms with Gasteiger partial charge in [-0.1, -0.05) is 6.92 Å².